The molecule has 0 saturated carbocycles. The average Bonchev–Trinajstić information content (AvgIpc) is 2.99. The SMILES string of the molecule is CC(=O)O[C@@H]1[C@H](O)[C@@H](CO)O[C@H]1n1cc(F)c(NC(=O)c2cccc(C)c2)nc1=O. The topological polar surface area (TPSA) is 140 Å². The number of amides is 1. The summed E-state index contributed by atoms with van der Waals surface area (Å²) in [5, 5.41) is 21.7. The second-order valence-corrected chi connectivity index (χ2v) is 6.76. The Hall–Kier alpha value is -3.15. The highest BCUT2D eigenvalue weighted by molar-refractivity contribution is 6.03. The van der Waals surface area contributed by atoms with Crippen LogP contribution < -0.4 is 11.0 Å². The molecule has 0 aliphatic carbocycles. The number of carbonyl (C=O) groups is 2. The fourth-order valence-electron chi connectivity index (χ4n) is 3.09. The van der Waals surface area contributed by atoms with E-state index in [1.807, 2.05) is 0 Å². The minimum absolute atomic E-state index is 0.253. The van der Waals surface area contributed by atoms with Crippen LogP contribution in [0.25, 0.3) is 0 Å². The number of nitrogens with zero attached hydrogens (tertiary/aromatic N) is 2. The number of anilines is 1. The third kappa shape index (κ3) is 4.37. The summed E-state index contributed by atoms with van der Waals surface area (Å²) in [4.78, 5) is 39.6. The maximum Gasteiger partial charge on any atom is 0.351 e. The standard InChI is InChI=1S/C19H20FN3O7/c1-9-4-3-5-11(6-9)17(27)21-16-12(20)7-23(19(28)22-16)18-15(29-10(2)25)14(26)13(8-24)30-18/h3-7,13-15,18,24,26H,8H2,1-2H3,(H,21,22,27,28)/t13-,14-,15-,18-/m1/s1. The Balaban J connectivity index is 1.89. The van der Waals surface area contributed by atoms with Crippen molar-refractivity contribution in [2.24, 2.45) is 0 Å². The van der Waals surface area contributed by atoms with E-state index in [0.717, 1.165) is 18.7 Å². The molecular formula is C19H20FN3O7. The average molecular weight is 421 g/mol. The fourth-order valence-corrected chi connectivity index (χ4v) is 3.09. The van der Waals surface area contributed by atoms with Crippen LogP contribution in [0.4, 0.5) is 10.2 Å². The Morgan fingerprint density at radius 1 is 1.40 bits per heavy atom. The quantitative estimate of drug-likeness (QED) is 0.579. The lowest BCUT2D eigenvalue weighted by molar-refractivity contribution is -0.156. The molecule has 3 N–H and O–H groups in total. The Labute approximate surface area is 169 Å². The number of aryl methyl sites for hydroxylation is 1. The van der Waals surface area contributed by atoms with Crippen molar-refractivity contribution in [2.75, 3.05) is 11.9 Å². The van der Waals surface area contributed by atoms with Gasteiger partial charge in [0, 0.05) is 12.5 Å². The predicted octanol–water partition coefficient (Wildman–Crippen LogP) is 0.125. The zero-order chi connectivity index (χ0) is 22.0. The summed E-state index contributed by atoms with van der Waals surface area (Å²) in [7, 11) is 0. The first kappa shape index (κ1) is 21.6. The molecule has 0 unspecified atom stereocenters. The van der Waals surface area contributed by atoms with E-state index < -0.39 is 60.3 Å². The number of hydrogen-bond acceptors (Lipinski definition) is 8. The molecule has 1 saturated heterocycles. The van der Waals surface area contributed by atoms with Gasteiger partial charge in [0.05, 0.1) is 12.8 Å². The molecule has 3 rings (SSSR count). The van der Waals surface area contributed by atoms with Gasteiger partial charge in [-0.15, -0.1) is 0 Å². The smallest absolute Gasteiger partial charge is 0.351 e. The van der Waals surface area contributed by atoms with Gasteiger partial charge in [-0.3, -0.25) is 14.2 Å². The number of hydrogen-bond donors (Lipinski definition) is 3. The molecule has 4 atom stereocenters. The lowest BCUT2D eigenvalue weighted by atomic mass is 10.1. The van der Waals surface area contributed by atoms with Gasteiger partial charge in [0.15, 0.2) is 24.0 Å². The van der Waals surface area contributed by atoms with Gasteiger partial charge in [-0.05, 0) is 19.1 Å². The minimum Gasteiger partial charge on any atom is -0.455 e. The largest absolute Gasteiger partial charge is 0.455 e. The Kier molecular flexibility index (Phi) is 6.25. The van der Waals surface area contributed by atoms with E-state index in [0.29, 0.717) is 4.57 Å². The van der Waals surface area contributed by atoms with Crippen molar-refractivity contribution in [1.29, 1.82) is 0 Å². The van der Waals surface area contributed by atoms with Gasteiger partial charge < -0.3 is 25.0 Å². The van der Waals surface area contributed by atoms with Crippen LogP contribution in [0.3, 0.4) is 0 Å². The highest BCUT2D eigenvalue weighted by Crippen LogP contribution is 2.31. The van der Waals surface area contributed by atoms with Crippen molar-refractivity contribution >= 4 is 17.7 Å². The van der Waals surface area contributed by atoms with Crippen molar-refractivity contribution in [2.45, 2.75) is 38.4 Å². The summed E-state index contributed by atoms with van der Waals surface area (Å²) in [5.41, 5.74) is 0.0469. The van der Waals surface area contributed by atoms with Crippen molar-refractivity contribution in [3.8, 4) is 0 Å². The summed E-state index contributed by atoms with van der Waals surface area (Å²) in [6, 6.07) is 6.54. The van der Waals surface area contributed by atoms with Crippen LogP contribution in [0.5, 0.6) is 0 Å². The third-order valence-corrected chi connectivity index (χ3v) is 4.49. The molecule has 11 heteroatoms. The van der Waals surface area contributed by atoms with E-state index in [1.165, 1.54) is 6.07 Å². The molecular weight excluding hydrogens is 401 g/mol. The van der Waals surface area contributed by atoms with E-state index in [1.54, 1.807) is 25.1 Å². The van der Waals surface area contributed by atoms with Crippen molar-refractivity contribution in [3.63, 3.8) is 0 Å². The number of aliphatic hydroxyl groups is 2. The van der Waals surface area contributed by atoms with Crippen LogP contribution in [0, 0.1) is 12.7 Å². The molecule has 1 aromatic heterocycles. The summed E-state index contributed by atoms with van der Waals surface area (Å²) in [6.07, 6.45) is -4.67. The maximum atomic E-state index is 14.6. The molecule has 1 aliphatic rings. The van der Waals surface area contributed by atoms with Crippen LogP contribution in [-0.4, -0.2) is 56.6 Å². The number of ether oxygens (including phenoxy) is 2. The van der Waals surface area contributed by atoms with Crippen LogP contribution in [0.15, 0.2) is 35.3 Å². The minimum atomic E-state index is -1.44. The number of carbonyl (C=O) groups excluding carboxylic acids is 2. The van der Waals surface area contributed by atoms with Gasteiger partial charge in [-0.25, -0.2) is 9.18 Å². The lowest BCUT2D eigenvalue weighted by Crippen LogP contribution is -2.39. The van der Waals surface area contributed by atoms with Gasteiger partial charge in [-0.1, -0.05) is 17.7 Å². The number of rotatable bonds is 5. The van der Waals surface area contributed by atoms with E-state index in [4.69, 9.17) is 9.47 Å². The van der Waals surface area contributed by atoms with Crippen molar-refractivity contribution < 1.29 is 33.7 Å². The number of aliphatic hydroxyl groups excluding tert-OH is 2. The Bertz CT molecular complexity index is 1030. The first-order valence-corrected chi connectivity index (χ1v) is 8.99. The molecule has 1 aromatic carbocycles. The predicted molar refractivity (Wildman–Crippen MR) is 100 cm³/mol. The number of nitrogens with one attached hydrogen (secondary N) is 1. The Morgan fingerprint density at radius 2 is 2.13 bits per heavy atom. The van der Waals surface area contributed by atoms with Crippen LogP contribution in [0.2, 0.25) is 0 Å². The van der Waals surface area contributed by atoms with E-state index in [2.05, 4.69) is 10.3 Å². The second kappa shape index (κ2) is 8.69. The molecule has 160 valence electrons. The molecule has 2 heterocycles. The maximum absolute atomic E-state index is 14.6. The molecule has 0 radical (unpaired) electrons. The summed E-state index contributed by atoms with van der Waals surface area (Å²) >= 11 is 0. The van der Waals surface area contributed by atoms with E-state index >= 15 is 0 Å². The molecule has 10 nitrogen and oxygen atoms in total. The molecule has 0 bridgehead atoms. The fraction of sp³-hybridized carbons (Fsp3) is 0.368. The van der Waals surface area contributed by atoms with E-state index in [9.17, 15) is 29.0 Å². The summed E-state index contributed by atoms with van der Waals surface area (Å²) in [5.74, 6) is -3.07. The lowest BCUT2D eigenvalue weighted by Gasteiger charge is -2.21. The molecule has 1 aliphatic heterocycles. The van der Waals surface area contributed by atoms with Gasteiger partial charge >= 0.3 is 11.7 Å². The zero-order valence-corrected chi connectivity index (χ0v) is 16.1. The van der Waals surface area contributed by atoms with Crippen LogP contribution >= 0.6 is 0 Å². The molecule has 30 heavy (non-hydrogen) atoms. The highest BCUT2D eigenvalue weighted by atomic mass is 19.1. The van der Waals surface area contributed by atoms with Crippen LogP contribution in [-0.2, 0) is 14.3 Å². The Morgan fingerprint density at radius 3 is 2.77 bits per heavy atom. The molecule has 0 spiro atoms. The van der Waals surface area contributed by atoms with Gasteiger partial charge in [0.2, 0.25) is 0 Å². The monoisotopic (exact) mass is 421 g/mol. The zero-order valence-electron chi connectivity index (χ0n) is 16.1. The van der Waals surface area contributed by atoms with Crippen molar-refractivity contribution in [3.05, 3.63) is 57.9 Å². The summed E-state index contributed by atoms with van der Waals surface area (Å²) < 4.78 is 25.6. The van der Waals surface area contributed by atoms with E-state index in [-0.39, 0.29) is 5.56 Å². The number of aromatic nitrogens is 2. The van der Waals surface area contributed by atoms with Gasteiger partial charge in [0.25, 0.3) is 5.91 Å². The molecule has 1 fully saturated rings. The number of halogens is 1. The number of esters is 1. The molecule has 2 aromatic rings. The third-order valence-electron chi connectivity index (χ3n) is 4.49. The second-order valence-electron chi connectivity index (χ2n) is 6.76. The molecule has 1 amide bonds. The van der Waals surface area contributed by atoms with Crippen molar-refractivity contribution in [1.82, 2.24) is 9.55 Å². The van der Waals surface area contributed by atoms with Crippen LogP contribution in [0.1, 0.15) is 29.1 Å². The number of benzene rings is 1. The highest BCUT2D eigenvalue weighted by Gasteiger charge is 2.47. The van der Waals surface area contributed by atoms with Gasteiger partial charge in [0.1, 0.15) is 12.2 Å². The summed E-state index contributed by atoms with van der Waals surface area (Å²) in [6.45, 7) is 2.25. The normalized spacial score (nSPS) is 23.2. The first-order chi connectivity index (χ1) is 14.2. The first-order valence-electron chi connectivity index (χ1n) is 8.99. The van der Waals surface area contributed by atoms with Gasteiger partial charge in [-0.2, -0.15) is 4.98 Å².